The van der Waals surface area contributed by atoms with Crippen LogP contribution in [-0.4, -0.2) is 65.2 Å². The molecule has 0 radical (unpaired) electrons. The molecule has 2 aromatic rings. The van der Waals surface area contributed by atoms with E-state index in [4.69, 9.17) is 9.47 Å². The Bertz CT molecular complexity index is 902. The van der Waals surface area contributed by atoms with Crippen molar-refractivity contribution < 1.29 is 19.2 Å². The van der Waals surface area contributed by atoms with Crippen LogP contribution in [0.3, 0.4) is 0 Å². The molecule has 1 aromatic carbocycles. The molecule has 0 N–H and O–H groups in total. The smallest absolute Gasteiger partial charge is 0.269 e. The average molecular weight is 412 g/mol. The summed E-state index contributed by atoms with van der Waals surface area (Å²) in [5.41, 5.74) is 0.562. The van der Waals surface area contributed by atoms with Crippen LogP contribution in [0.4, 0.5) is 11.5 Å². The standard InChI is InChI=1S/C21H24N4O5/c1-14-10-23(11-15(2)29-14)20-8-3-16(9-22-20)21(26)24-12-19(13-24)30-18-6-4-17(5-7-18)25(27)28/h3-9,14-15,19H,10-13H2,1-2H3/t14-,15-/m0/s1. The highest BCUT2D eigenvalue weighted by Gasteiger charge is 2.33. The Morgan fingerprint density at radius 1 is 1.10 bits per heavy atom. The van der Waals surface area contributed by atoms with Crippen molar-refractivity contribution in [1.82, 2.24) is 9.88 Å². The van der Waals surface area contributed by atoms with Crippen LogP contribution in [0.25, 0.3) is 0 Å². The van der Waals surface area contributed by atoms with E-state index in [0.29, 0.717) is 24.4 Å². The first-order valence-corrected chi connectivity index (χ1v) is 9.96. The molecule has 9 nitrogen and oxygen atoms in total. The summed E-state index contributed by atoms with van der Waals surface area (Å²) in [5.74, 6) is 1.32. The number of carbonyl (C=O) groups is 1. The quantitative estimate of drug-likeness (QED) is 0.550. The maximum absolute atomic E-state index is 12.7. The van der Waals surface area contributed by atoms with Crippen LogP contribution in [0.5, 0.6) is 5.75 Å². The van der Waals surface area contributed by atoms with Gasteiger partial charge in [0.25, 0.3) is 11.6 Å². The van der Waals surface area contributed by atoms with Crippen molar-refractivity contribution in [2.75, 3.05) is 31.1 Å². The molecule has 0 bridgehead atoms. The number of pyridine rings is 1. The Balaban J connectivity index is 1.30. The summed E-state index contributed by atoms with van der Waals surface area (Å²) >= 11 is 0. The second kappa shape index (κ2) is 8.27. The lowest BCUT2D eigenvalue weighted by Crippen LogP contribution is -2.56. The molecule has 158 valence electrons. The molecule has 2 fully saturated rings. The number of aromatic nitrogens is 1. The van der Waals surface area contributed by atoms with Gasteiger partial charge in [-0.05, 0) is 38.1 Å². The van der Waals surface area contributed by atoms with Crippen LogP contribution in [0.1, 0.15) is 24.2 Å². The summed E-state index contributed by atoms with van der Waals surface area (Å²) in [6, 6.07) is 9.63. The van der Waals surface area contributed by atoms with E-state index in [0.717, 1.165) is 18.9 Å². The van der Waals surface area contributed by atoms with Crippen molar-refractivity contribution in [3.63, 3.8) is 0 Å². The van der Waals surface area contributed by atoms with Gasteiger partial charge in [-0.3, -0.25) is 14.9 Å². The minimum Gasteiger partial charge on any atom is -0.487 e. The summed E-state index contributed by atoms with van der Waals surface area (Å²) in [6.07, 6.45) is 1.78. The van der Waals surface area contributed by atoms with Crippen molar-refractivity contribution in [2.24, 2.45) is 0 Å². The van der Waals surface area contributed by atoms with E-state index in [1.807, 2.05) is 19.9 Å². The zero-order chi connectivity index (χ0) is 21.3. The van der Waals surface area contributed by atoms with Gasteiger partial charge < -0.3 is 19.3 Å². The third-order valence-electron chi connectivity index (χ3n) is 5.22. The summed E-state index contributed by atoms with van der Waals surface area (Å²) in [4.78, 5) is 31.3. The van der Waals surface area contributed by atoms with Gasteiger partial charge in [0.05, 0.1) is 35.8 Å². The Morgan fingerprint density at radius 3 is 2.33 bits per heavy atom. The highest BCUT2D eigenvalue weighted by Crippen LogP contribution is 2.23. The predicted molar refractivity (Wildman–Crippen MR) is 110 cm³/mol. The number of non-ortho nitro benzene ring substituents is 1. The van der Waals surface area contributed by atoms with E-state index in [1.165, 1.54) is 12.1 Å². The van der Waals surface area contributed by atoms with Crippen molar-refractivity contribution in [3.8, 4) is 5.75 Å². The molecule has 0 aliphatic carbocycles. The molecule has 30 heavy (non-hydrogen) atoms. The van der Waals surface area contributed by atoms with Crippen molar-refractivity contribution in [2.45, 2.75) is 32.2 Å². The highest BCUT2D eigenvalue weighted by molar-refractivity contribution is 5.94. The van der Waals surface area contributed by atoms with Gasteiger partial charge in [0.1, 0.15) is 17.7 Å². The molecule has 0 spiro atoms. The zero-order valence-electron chi connectivity index (χ0n) is 16.9. The third kappa shape index (κ3) is 4.35. The number of morpholine rings is 1. The summed E-state index contributed by atoms with van der Waals surface area (Å²) < 4.78 is 11.5. The fraction of sp³-hybridized carbons (Fsp3) is 0.429. The summed E-state index contributed by atoms with van der Waals surface area (Å²) in [5, 5.41) is 10.7. The molecule has 0 saturated carbocycles. The molecule has 2 saturated heterocycles. The lowest BCUT2D eigenvalue weighted by molar-refractivity contribution is -0.384. The molecule has 9 heteroatoms. The molecule has 1 aromatic heterocycles. The molecule has 1 amide bonds. The van der Waals surface area contributed by atoms with Gasteiger partial charge in [0.2, 0.25) is 0 Å². The van der Waals surface area contributed by atoms with E-state index in [2.05, 4.69) is 9.88 Å². The number of hydrogen-bond donors (Lipinski definition) is 0. The molecule has 2 aliphatic rings. The van der Waals surface area contributed by atoms with E-state index in [-0.39, 0.29) is 29.9 Å². The van der Waals surface area contributed by atoms with Crippen LogP contribution in [0.2, 0.25) is 0 Å². The second-order valence-corrected chi connectivity index (χ2v) is 7.77. The number of hydrogen-bond acceptors (Lipinski definition) is 7. The number of rotatable bonds is 5. The topological polar surface area (TPSA) is 98.0 Å². The van der Waals surface area contributed by atoms with Gasteiger partial charge in [-0.25, -0.2) is 4.98 Å². The van der Waals surface area contributed by atoms with Gasteiger partial charge >= 0.3 is 0 Å². The number of anilines is 1. The average Bonchev–Trinajstić information content (AvgIpc) is 2.69. The number of ether oxygens (including phenoxy) is 2. The molecular formula is C21H24N4O5. The number of nitrogens with zero attached hydrogens (tertiary/aromatic N) is 4. The Kier molecular flexibility index (Phi) is 5.54. The number of benzene rings is 1. The van der Waals surface area contributed by atoms with Gasteiger partial charge in [-0.1, -0.05) is 0 Å². The minimum absolute atomic E-state index is 0.0182. The van der Waals surface area contributed by atoms with Crippen LogP contribution in [-0.2, 0) is 4.74 Å². The van der Waals surface area contributed by atoms with Crippen LogP contribution in [0, 0.1) is 10.1 Å². The van der Waals surface area contributed by atoms with Gasteiger partial charge in [-0.15, -0.1) is 0 Å². The number of nitro benzene ring substituents is 1. The first-order chi connectivity index (χ1) is 14.4. The Labute approximate surface area is 174 Å². The Hall–Kier alpha value is -3.20. The molecule has 0 unspecified atom stereocenters. The largest absolute Gasteiger partial charge is 0.487 e. The Morgan fingerprint density at radius 2 is 1.77 bits per heavy atom. The van der Waals surface area contributed by atoms with Gasteiger partial charge in [0, 0.05) is 31.4 Å². The fourth-order valence-corrected chi connectivity index (χ4v) is 3.76. The third-order valence-corrected chi connectivity index (χ3v) is 5.22. The van der Waals surface area contributed by atoms with E-state index in [1.54, 1.807) is 29.3 Å². The minimum atomic E-state index is -0.451. The van der Waals surface area contributed by atoms with Crippen molar-refractivity contribution in [3.05, 3.63) is 58.3 Å². The fourth-order valence-electron chi connectivity index (χ4n) is 3.76. The van der Waals surface area contributed by atoms with Crippen LogP contribution in [0.15, 0.2) is 42.6 Å². The van der Waals surface area contributed by atoms with Crippen molar-refractivity contribution >= 4 is 17.4 Å². The van der Waals surface area contributed by atoms with Crippen molar-refractivity contribution in [1.29, 1.82) is 0 Å². The lowest BCUT2D eigenvalue weighted by Gasteiger charge is -2.39. The first-order valence-electron chi connectivity index (χ1n) is 9.96. The van der Waals surface area contributed by atoms with E-state index < -0.39 is 4.92 Å². The van der Waals surface area contributed by atoms with E-state index >= 15 is 0 Å². The second-order valence-electron chi connectivity index (χ2n) is 7.77. The number of likely N-dealkylation sites (tertiary alicyclic amines) is 1. The molecule has 4 rings (SSSR count). The summed E-state index contributed by atoms with van der Waals surface area (Å²) in [6.45, 7) is 6.57. The lowest BCUT2D eigenvalue weighted by atomic mass is 10.1. The highest BCUT2D eigenvalue weighted by atomic mass is 16.6. The van der Waals surface area contributed by atoms with Crippen LogP contribution < -0.4 is 9.64 Å². The predicted octanol–water partition coefficient (Wildman–Crippen LogP) is 2.51. The summed E-state index contributed by atoms with van der Waals surface area (Å²) in [7, 11) is 0. The zero-order valence-corrected chi connectivity index (χ0v) is 16.9. The normalized spacial score (nSPS) is 21.8. The number of carbonyl (C=O) groups excluding carboxylic acids is 1. The SMILES string of the molecule is C[C@H]1CN(c2ccc(C(=O)N3CC(Oc4ccc([N+](=O)[O-])cc4)C3)cn2)C[C@H](C)O1. The number of nitro groups is 1. The van der Waals surface area contributed by atoms with Gasteiger partial charge in [0.15, 0.2) is 0 Å². The monoisotopic (exact) mass is 412 g/mol. The molecular weight excluding hydrogens is 388 g/mol. The van der Waals surface area contributed by atoms with Crippen LogP contribution >= 0.6 is 0 Å². The maximum atomic E-state index is 12.7. The van der Waals surface area contributed by atoms with E-state index in [9.17, 15) is 14.9 Å². The first kappa shape index (κ1) is 20.1. The van der Waals surface area contributed by atoms with Gasteiger partial charge in [-0.2, -0.15) is 0 Å². The molecule has 2 aliphatic heterocycles. The maximum Gasteiger partial charge on any atom is 0.269 e. The molecule has 3 heterocycles. The molecule has 2 atom stereocenters. The number of amides is 1.